The zero-order valence-corrected chi connectivity index (χ0v) is 16.7. The van der Waals surface area contributed by atoms with Gasteiger partial charge in [-0.2, -0.15) is 0 Å². The molecule has 0 aliphatic carbocycles. The monoisotopic (exact) mass is 420 g/mol. The summed E-state index contributed by atoms with van der Waals surface area (Å²) in [4.78, 5) is 37.0. The number of benzene rings is 2. The maximum Gasteiger partial charge on any atom is 0.293 e. The summed E-state index contributed by atoms with van der Waals surface area (Å²) >= 11 is 0.861. The van der Waals surface area contributed by atoms with Crippen molar-refractivity contribution in [2.75, 3.05) is 0 Å². The average Bonchev–Trinajstić information content (AvgIpc) is 3.29. The van der Waals surface area contributed by atoms with Crippen LogP contribution in [0.1, 0.15) is 16.9 Å². The van der Waals surface area contributed by atoms with Crippen molar-refractivity contribution in [2.45, 2.75) is 13.5 Å². The quantitative estimate of drug-likeness (QED) is 0.312. The number of carbonyl (C=O) groups excluding carboxylic acids is 2. The summed E-state index contributed by atoms with van der Waals surface area (Å²) in [5.74, 6) is 0.446. The van der Waals surface area contributed by atoms with Crippen LogP contribution in [0.15, 0.2) is 70.0 Å². The molecule has 0 N–H and O–H groups in total. The molecule has 0 atom stereocenters. The summed E-state index contributed by atoms with van der Waals surface area (Å²) in [5.41, 5.74) is 2.45. The zero-order valence-electron chi connectivity index (χ0n) is 15.9. The molecular formula is C22H16N2O5S. The van der Waals surface area contributed by atoms with Crippen molar-refractivity contribution in [3.05, 3.63) is 92.6 Å². The predicted molar refractivity (Wildman–Crippen MR) is 113 cm³/mol. The van der Waals surface area contributed by atoms with E-state index < -0.39 is 4.92 Å². The third kappa shape index (κ3) is 4.04. The summed E-state index contributed by atoms with van der Waals surface area (Å²) in [6, 6.07) is 17.1. The Balaban J connectivity index is 1.54. The predicted octanol–water partition coefficient (Wildman–Crippen LogP) is 5.40. The Morgan fingerprint density at radius 3 is 2.67 bits per heavy atom. The minimum Gasteiger partial charge on any atom is -0.457 e. The van der Waals surface area contributed by atoms with Crippen molar-refractivity contribution in [1.82, 2.24) is 4.90 Å². The van der Waals surface area contributed by atoms with E-state index >= 15 is 0 Å². The highest BCUT2D eigenvalue weighted by Gasteiger charge is 2.35. The Bertz CT molecular complexity index is 1200. The second kappa shape index (κ2) is 8.00. The highest BCUT2D eigenvalue weighted by atomic mass is 32.2. The Morgan fingerprint density at radius 1 is 1.10 bits per heavy atom. The lowest BCUT2D eigenvalue weighted by molar-refractivity contribution is -0.384. The van der Waals surface area contributed by atoms with E-state index in [0.29, 0.717) is 17.1 Å². The van der Waals surface area contributed by atoms with Crippen molar-refractivity contribution in [2.24, 2.45) is 0 Å². The summed E-state index contributed by atoms with van der Waals surface area (Å²) in [7, 11) is 0. The molecule has 2 aromatic carbocycles. The maximum atomic E-state index is 12.7. The number of non-ortho nitro benzene ring substituents is 1. The highest BCUT2D eigenvalue weighted by molar-refractivity contribution is 8.18. The lowest BCUT2D eigenvalue weighted by Gasteiger charge is -2.12. The van der Waals surface area contributed by atoms with E-state index in [-0.39, 0.29) is 28.3 Å². The minimum atomic E-state index is -0.475. The molecule has 4 rings (SSSR count). The third-order valence-electron chi connectivity index (χ3n) is 4.54. The number of hydrogen-bond donors (Lipinski definition) is 0. The number of nitro groups is 1. The molecule has 3 aromatic rings. The van der Waals surface area contributed by atoms with Crippen LogP contribution in [0.4, 0.5) is 10.5 Å². The van der Waals surface area contributed by atoms with E-state index in [1.807, 2.05) is 31.2 Å². The molecule has 30 heavy (non-hydrogen) atoms. The van der Waals surface area contributed by atoms with Crippen LogP contribution in [-0.2, 0) is 11.3 Å². The fourth-order valence-electron chi connectivity index (χ4n) is 3.12. The number of amides is 2. The largest absolute Gasteiger partial charge is 0.457 e. The van der Waals surface area contributed by atoms with E-state index in [9.17, 15) is 19.7 Å². The van der Waals surface area contributed by atoms with Crippen LogP contribution >= 0.6 is 11.8 Å². The number of rotatable bonds is 5. The molecule has 0 unspecified atom stereocenters. The molecule has 2 amide bonds. The molecule has 1 aliphatic rings. The number of nitrogens with zero attached hydrogens (tertiary/aromatic N) is 2. The molecule has 8 heteroatoms. The van der Waals surface area contributed by atoms with Crippen molar-refractivity contribution in [3.63, 3.8) is 0 Å². The van der Waals surface area contributed by atoms with Gasteiger partial charge in [-0.05, 0) is 36.4 Å². The standard InChI is InChI=1S/C22H16N2O5S/c1-14-4-2-5-15(10-14)13-23-21(25)20(30-22(23)26)12-18-8-9-19(29-18)16-6-3-7-17(11-16)24(27)28/h2-12H,13H2,1H3/b20-12+. The Kier molecular flexibility index (Phi) is 5.24. The van der Waals surface area contributed by atoms with Gasteiger partial charge in [-0.15, -0.1) is 0 Å². The van der Waals surface area contributed by atoms with Crippen LogP contribution in [0.5, 0.6) is 0 Å². The number of furan rings is 1. The summed E-state index contributed by atoms with van der Waals surface area (Å²) < 4.78 is 5.72. The van der Waals surface area contributed by atoms with E-state index in [4.69, 9.17) is 4.42 Å². The van der Waals surface area contributed by atoms with Gasteiger partial charge in [0, 0.05) is 23.8 Å². The lowest BCUT2D eigenvalue weighted by Crippen LogP contribution is -2.27. The zero-order chi connectivity index (χ0) is 21.3. The topological polar surface area (TPSA) is 93.7 Å². The molecule has 1 aromatic heterocycles. The highest BCUT2D eigenvalue weighted by Crippen LogP contribution is 2.34. The van der Waals surface area contributed by atoms with Gasteiger partial charge in [-0.25, -0.2) is 0 Å². The van der Waals surface area contributed by atoms with E-state index in [2.05, 4.69) is 0 Å². The third-order valence-corrected chi connectivity index (χ3v) is 5.45. The van der Waals surface area contributed by atoms with E-state index in [0.717, 1.165) is 22.9 Å². The number of hydrogen-bond acceptors (Lipinski definition) is 6. The molecule has 150 valence electrons. The van der Waals surface area contributed by atoms with Gasteiger partial charge in [0.1, 0.15) is 11.5 Å². The van der Waals surface area contributed by atoms with Crippen LogP contribution in [0.3, 0.4) is 0 Å². The Morgan fingerprint density at radius 2 is 1.90 bits per heavy atom. The molecule has 0 bridgehead atoms. The molecule has 0 spiro atoms. The normalized spacial score (nSPS) is 15.2. The van der Waals surface area contributed by atoms with Crippen LogP contribution < -0.4 is 0 Å². The molecule has 2 heterocycles. The molecular weight excluding hydrogens is 404 g/mol. The molecule has 0 saturated carbocycles. The smallest absolute Gasteiger partial charge is 0.293 e. The van der Waals surface area contributed by atoms with Crippen molar-refractivity contribution in [1.29, 1.82) is 0 Å². The Hall–Kier alpha value is -3.65. The summed E-state index contributed by atoms with van der Waals surface area (Å²) in [6.07, 6.45) is 1.52. The van der Waals surface area contributed by atoms with Gasteiger partial charge in [0.2, 0.25) is 0 Å². The first-order valence-corrected chi connectivity index (χ1v) is 9.88. The molecule has 1 fully saturated rings. The van der Waals surface area contributed by atoms with Gasteiger partial charge in [0.25, 0.3) is 16.8 Å². The average molecular weight is 420 g/mol. The van der Waals surface area contributed by atoms with Crippen molar-refractivity contribution >= 4 is 34.7 Å². The first-order valence-electron chi connectivity index (χ1n) is 9.06. The number of thioether (sulfide) groups is 1. The lowest BCUT2D eigenvalue weighted by atomic mass is 10.1. The Labute approximate surface area is 176 Å². The fraction of sp³-hybridized carbons (Fsp3) is 0.0909. The van der Waals surface area contributed by atoms with Gasteiger partial charge < -0.3 is 4.42 Å². The van der Waals surface area contributed by atoms with Gasteiger partial charge >= 0.3 is 0 Å². The minimum absolute atomic E-state index is 0.0391. The number of imide groups is 1. The molecule has 0 radical (unpaired) electrons. The maximum absolute atomic E-state index is 12.7. The molecule has 1 saturated heterocycles. The molecule has 7 nitrogen and oxygen atoms in total. The van der Waals surface area contributed by atoms with Crippen LogP contribution in [-0.4, -0.2) is 21.0 Å². The second-order valence-electron chi connectivity index (χ2n) is 6.77. The fourth-order valence-corrected chi connectivity index (χ4v) is 3.94. The first kappa shape index (κ1) is 19.7. The van der Waals surface area contributed by atoms with Crippen LogP contribution in [0, 0.1) is 17.0 Å². The van der Waals surface area contributed by atoms with Gasteiger partial charge in [0.15, 0.2) is 0 Å². The first-order chi connectivity index (χ1) is 14.4. The van der Waals surface area contributed by atoms with Gasteiger partial charge in [-0.1, -0.05) is 42.0 Å². The SMILES string of the molecule is Cc1cccc(CN2C(=O)S/C(=C/c3ccc(-c4cccc([N+](=O)[O-])c4)o3)C2=O)c1. The summed E-state index contributed by atoms with van der Waals surface area (Å²) in [6.45, 7) is 2.16. The van der Waals surface area contributed by atoms with Gasteiger partial charge in [-0.3, -0.25) is 24.6 Å². The summed E-state index contributed by atoms with van der Waals surface area (Å²) in [5, 5.41) is 10.6. The van der Waals surface area contributed by atoms with Gasteiger partial charge in [0.05, 0.1) is 16.4 Å². The van der Waals surface area contributed by atoms with Crippen LogP contribution in [0.25, 0.3) is 17.4 Å². The van der Waals surface area contributed by atoms with E-state index in [1.54, 1.807) is 24.3 Å². The van der Waals surface area contributed by atoms with Crippen LogP contribution in [0.2, 0.25) is 0 Å². The van der Waals surface area contributed by atoms with Crippen molar-refractivity contribution < 1.29 is 18.9 Å². The number of carbonyl (C=O) groups is 2. The second-order valence-corrected chi connectivity index (χ2v) is 7.76. The van der Waals surface area contributed by atoms with E-state index in [1.165, 1.54) is 23.1 Å². The number of aryl methyl sites for hydroxylation is 1. The molecule has 1 aliphatic heterocycles. The van der Waals surface area contributed by atoms with Crippen molar-refractivity contribution in [3.8, 4) is 11.3 Å². The number of nitro benzene ring substituents is 1.